The number of hydrogen-bond acceptors (Lipinski definition) is 6. The van der Waals surface area contributed by atoms with E-state index in [2.05, 4.69) is 29.4 Å². The molecule has 1 aromatic rings. The number of hydrogen-bond donors (Lipinski definition) is 1. The van der Waals surface area contributed by atoms with Crippen molar-refractivity contribution in [3.8, 4) is 0 Å². The second-order valence-corrected chi connectivity index (χ2v) is 8.98. The minimum absolute atomic E-state index is 0.0187. The molecule has 0 bridgehead atoms. The summed E-state index contributed by atoms with van der Waals surface area (Å²) in [4.78, 5) is 0. The van der Waals surface area contributed by atoms with Gasteiger partial charge in [-0.1, -0.05) is 25.2 Å². The lowest BCUT2D eigenvalue weighted by molar-refractivity contribution is 0.579. The summed E-state index contributed by atoms with van der Waals surface area (Å²) in [7, 11) is -2.99. The minimum Gasteiger partial charge on any atom is -0.356 e. The Bertz CT molecular complexity index is 525. The van der Waals surface area contributed by atoms with Gasteiger partial charge in [0.05, 0.1) is 5.25 Å². The summed E-state index contributed by atoms with van der Waals surface area (Å²) in [5.41, 5.74) is 0. The van der Waals surface area contributed by atoms with Crippen molar-refractivity contribution in [3.05, 3.63) is 5.01 Å². The van der Waals surface area contributed by atoms with Crippen LogP contribution in [0.15, 0.2) is 0 Å². The van der Waals surface area contributed by atoms with Crippen LogP contribution in [0.5, 0.6) is 0 Å². The van der Waals surface area contributed by atoms with Crippen LogP contribution in [0.2, 0.25) is 0 Å². The first-order valence-corrected chi connectivity index (χ1v) is 9.41. The first kappa shape index (κ1) is 14.7. The second kappa shape index (κ2) is 5.75. The van der Waals surface area contributed by atoms with Crippen molar-refractivity contribution >= 4 is 26.3 Å². The molecule has 0 aliphatic heterocycles. The SMILES string of the molecule is CC(C)Cc1nnc(NC2CCCC2S(C)(=O)=O)s1. The summed E-state index contributed by atoms with van der Waals surface area (Å²) >= 11 is 1.53. The second-order valence-electron chi connectivity index (χ2n) is 5.65. The van der Waals surface area contributed by atoms with Crippen molar-refractivity contribution < 1.29 is 8.42 Å². The number of nitrogens with one attached hydrogen (secondary N) is 1. The molecule has 2 unspecified atom stereocenters. The van der Waals surface area contributed by atoms with Crippen molar-refractivity contribution in [2.45, 2.75) is 50.8 Å². The Labute approximate surface area is 118 Å². The third kappa shape index (κ3) is 3.89. The fourth-order valence-electron chi connectivity index (χ4n) is 2.51. The predicted molar refractivity (Wildman–Crippen MR) is 78.3 cm³/mol. The quantitative estimate of drug-likeness (QED) is 0.902. The van der Waals surface area contributed by atoms with Gasteiger partial charge >= 0.3 is 0 Å². The molecule has 5 nitrogen and oxygen atoms in total. The Balaban J connectivity index is 2.02. The van der Waals surface area contributed by atoms with Crippen molar-refractivity contribution in [3.63, 3.8) is 0 Å². The Morgan fingerprint density at radius 3 is 2.74 bits per heavy atom. The molecule has 108 valence electrons. The van der Waals surface area contributed by atoms with Gasteiger partial charge in [-0.2, -0.15) is 0 Å². The number of nitrogens with zero attached hydrogens (tertiary/aromatic N) is 2. The zero-order valence-corrected chi connectivity index (χ0v) is 13.2. The van der Waals surface area contributed by atoms with Gasteiger partial charge in [0, 0.05) is 18.7 Å². The van der Waals surface area contributed by atoms with Crippen LogP contribution < -0.4 is 5.32 Å². The van der Waals surface area contributed by atoms with E-state index in [1.165, 1.54) is 17.6 Å². The van der Waals surface area contributed by atoms with E-state index in [4.69, 9.17) is 0 Å². The topological polar surface area (TPSA) is 72.0 Å². The van der Waals surface area contributed by atoms with Crippen LogP contribution in [-0.2, 0) is 16.3 Å². The molecule has 2 atom stereocenters. The molecule has 1 aliphatic carbocycles. The van der Waals surface area contributed by atoms with Gasteiger partial charge in [-0.3, -0.25) is 0 Å². The number of aromatic nitrogens is 2. The van der Waals surface area contributed by atoms with E-state index < -0.39 is 9.84 Å². The van der Waals surface area contributed by atoms with Gasteiger partial charge in [-0.15, -0.1) is 10.2 Å². The zero-order valence-electron chi connectivity index (χ0n) is 11.6. The molecule has 1 heterocycles. The minimum atomic E-state index is -2.99. The van der Waals surface area contributed by atoms with E-state index in [0.29, 0.717) is 5.92 Å². The van der Waals surface area contributed by atoms with Crippen molar-refractivity contribution in [1.82, 2.24) is 10.2 Å². The van der Waals surface area contributed by atoms with Gasteiger partial charge in [0.25, 0.3) is 0 Å². The summed E-state index contributed by atoms with van der Waals surface area (Å²) < 4.78 is 23.4. The molecule has 1 saturated carbocycles. The van der Waals surface area contributed by atoms with E-state index in [-0.39, 0.29) is 11.3 Å². The average Bonchev–Trinajstić information content (AvgIpc) is 2.86. The number of rotatable bonds is 5. The molecular weight excluding hydrogens is 282 g/mol. The summed E-state index contributed by atoms with van der Waals surface area (Å²) in [6, 6.07) is -0.0187. The summed E-state index contributed by atoms with van der Waals surface area (Å²) in [6.45, 7) is 4.29. The maximum absolute atomic E-state index is 11.7. The lowest BCUT2D eigenvalue weighted by atomic mass is 10.1. The summed E-state index contributed by atoms with van der Waals surface area (Å²) in [6.07, 6.45) is 4.82. The van der Waals surface area contributed by atoms with Gasteiger partial charge < -0.3 is 5.32 Å². The average molecular weight is 303 g/mol. The lowest BCUT2D eigenvalue weighted by Gasteiger charge is -2.18. The van der Waals surface area contributed by atoms with E-state index in [1.807, 2.05) is 0 Å². The van der Waals surface area contributed by atoms with Gasteiger partial charge in [-0.05, 0) is 25.2 Å². The molecule has 1 N–H and O–H groups in total. The third-order valence-electron chi connectivity index (χ3n) is 3.36. The van der Waals surface area contributed by atoms with Crippen molar-refractivity contribution in [2.24, 2.45) is 5.92 Å². The lowest BCUT2D eigenvalue weighted by Crippen LogP contribution is -2.34. The number of sulfone groups is 1. The van der Waals surface area contributed by atoms with Crippen LogP contribution in [0.3, 0.4) is 0 Å². The number of anilines is 1. The van der Waals surface area contributed by atoms with E-state index in [9.17, 15) is 8.42 Å². The van der Waals surface area contributed by atoms with Gasteiger partial charge in [0.2, 0.25) is 5.13 Å². The fourth-order valence-corrected chi connectivity index (χ4v) is 4.92. The molecule has 0 spiro atoms. The van der Waals surface area contributed by atoms with Crippen LogP contribution in [0.25, 0.3) is 0 Å². The molecule has 2 rings (SSSR count). The van der Waals surface area contributed by atoms with Crippen LogP contribution >= 0.6 is 11.3 Å². The first-order valence-electron chi connectivity index (χ1n) is 6.64. The highest BCUT2D eigenvalue weighted by atomic mass is 32.2. The Kier molecular flexibility index (Phi) is 4.45. The first-order chi connectivity index (χ1) is 8.86. The van der Waals surface area contributed by atoms with Crippen molar-refractivity contribution in [2.75, 3.05) is 11.6 Å². The highest BCUT2D eigenvalue weighted by molar-refractivity contribution is 7.91. The highest BCUT2D eigenvalue weighted by Gasteiger charge is 2.35. The molecule has 7 heteroatoms. The maximum atomic E-state index is 11.7. The molecule has 0 saturated heterocycles. The smallest absolute Gasteiger partial charge is 0.205 e. The predicted octanol–water partition coefficient (Wildman–Crippen LogP) is 2.11. The Morgan fingerprint density at radius 2 is 2.11 bits per heavy atom. The standard InChI is InChI=1S/C12H21N3O2S2/c1-8(2)7-11-14-15-12(18-11)13-9-5-4-6-10(9)19(3,16)17/h8-10H,4-7H2,1-3H3,(H,13,15). The van der Waals surface area contributed by atoms with Crippen LogP contribution in [0, 0.1) is 5.92 Å². The highest BCUT2D eigenvalue weighted by Crippen LogP contribution is 2.29. The van der Waals surface area contributed by atoms with E-state index in [1.54, 1.807) is 0 Å². The third-order valence-corrected chi connectivity index (χ3v) is 5.90. The van der Waals surface area contributed by atoms with Gasteiger partial charge in [-0.25, -0.2) is 8.42 Å². The van der Waals surface area contributed by atoms with E-state index in [0.717, 1.165) is 35.8 Å². The van der Waals surface area contributed by atoms with Gasteiger partial charge in [0.1, 0.15) is 5.01 Å². The van der Waals surface area contributed by atoms with Crippen molar-refractivity contribution in [1.29, 1.82) is 0 Å². The molecular formula is C12H21N3O2S2. The fraction of sp³-hybridized carbons (Fsp3) is 0.833. The molecule has 1 fully saturated rings. The van der Waals surface area contributed by atoms with Crippen LogP contribution in [0.1, 0.15) is 38.1 Å². The maximum Gasteiger partial charge on any atom is 0.205 e. The Hall–Kier alpha value is -0.690. The van der Waals surface area contributed by atoms with Gasteiger partial charge in [0.15, 0.2) is 9.84 Å². The molecule has 1 aliphatic rings. The zero-order chi connectivity index (χ0) is 14.0. The van der Waals surface area contributed by atoms with Crippen LogP contribution in [-0.4, -0.2) is 36.2 Å². The van der Waals surface area contributed by atoms with Crippen LogP contribution in [0.4, 0.5) is 5.13 Å². The monoisotopic (exact) mass is 303 g/mol. The molecule has 0 amide bonds. The molecule has 0 aromatic carbocycles. The molecule has 19 heavy (non-hydrogen) atoms. The Morgan fingerprint density at radius 1 is 1.37 bits per heavy atom. The summed E-state index contributed by atoms with van der Waals surface area (Å²) in [5, 5.41) is 13.0. The normalized spacial score (nSPS) is 24.0. The molecule has 1 aromatic heterocycles. The largest absolute Gasteiger partial charge is 0.356 e. The summed E-state index contributed by atoms with van der Waals surface area (Å²) in [5.74, 6) is 0.552. The van der Waals surface area contributed by atoms with E-state index >= 15 is 0 Å². The molecule has 0 radical (unpaired) electrons.